The quantitative estimate of drug-likeness (QED) is 0.664. The molecular formula is C11H25ClN2O. The summed E-state index contributed by atoms with van der Waals surface area (Å²) in [5, 5.41) is 2.91. The normalized spacial score (nSPS) is 12.1. The van der Waals surface area contributed by atoms with Crippen LogP contribution in [0.2, 0.25) is 0 Å². The summed E-state index contributed by atoms with van der Waals surface area (Å²) in [7, 11) is 0. The van der Waals surface area contributed by atoms with Gasteiger partial charge in [0.05, 0.1) is 0 Å². The molecule has 0 aromatic carbocycles. The van der Waals surface area contributed by atoms with Crippen LogP contribution in [0.1, 0.15) is 40.0 Å². The van der Waals surface area contributed by atoms with Crippen molar-refractivity contribution in [2.75, 3.05) is 13.1 Å². The van der Waals surface area contributed by atoms with Crippen LogP contribution >= 0.6 is 12.4 Å². The maximum atomic E-state index is 11.4. The van der Waals surface area contributed by atoms with Gasteiger partial charge in [-0.3, -0.25) is 4.79 Å². The highest BCUT2D eigenvalue weighted by atomic mass is 35.5. The molecule has 0 aliphatic heterocycles. The Morgan fingerprint density at radius 3 is 2.33 bits per heavy atom. The minimum atomic E-state index is 0. The lowest BCUT2D eigenvalue weighted by atomic mass is 9.94. The molecule has 3 N–H and O–H groups in total. The fourth-order valence-electron chi connectivity index (χ4n) is 1.10. The molecular weight excluding hydrogens is 212 g/mol. The van der Waals surface area contributed by atoms with Gasteiger partial charge in [-0.05, 0) is 31.2 Å². The molecule has 3 nitrogen and oxygen atoms in total. The van der Waals surface area contributed by atoms with Crippen LogP contribution in [-0.2, 0) is 4.79 Å². The van der Waals surface area contributed by atoms with E-state index >= 15 is 0 Å². The van der Waals surface area contributed by atoms with Gasteiger partial charge in [-0.15, -0.1) is 12.4 Å². The van der Waals surface area contributed by atoms with E-state index in [1.165, 1.54) is 0 Å². The summed E-state index contributed by atoms with van der Waals surface area (Å²) in [5.74, 6) is 1.21. The average molecular weight is 237 g/mol. The summed E-state index contributed by atoms with van der Waals surface area (Å²) in [5.41, 5.74) is 5.35. The van der Waals surface area contributed by atoms with Crippen LogP contribution in [0.15, 0.2) is 0 Å². The lowest BCUT2D eigenvalue weighted by Crippen LogP contribution is -2.27. The van der Waals surface area contributed by atoms with Gasteiger partial charge >= 0.3 is 0 Å². The van der Waals surface area contributed by atoms with Gasteiger partial charge in [0.15, 0.2) is 0 Å². The second-order valence-electron chi connectivity index (χ2n) is 4.27. The van der Waals surface area contributed by atoms with Crippen molar-refractivity contribution in [3.8, 4) is 0 Å². The van der Waals surface area contributed by atoms with Crippen molar-refractivity contribution < 1.29 is 4.79 Å². The molecule has 1 atom stereocenters. The molecule has 0 fully saturated rings. The number of hydrogen-bond donors (Lipinski definition) is 2. The maximum absolute atomic E-state index is 11.4. The molecule has 92 valence electrons. The van der Waals surface area contributed by atoms with Crippen molar-refractivity contribution in [3.63, 3.8) is 0 Å². The van der Waals surface area contributed by atoms with E-state index in [0.717, 1.165) is 19.4 Å². The van der Waals surface area contributed by atoms with E-state index in [-0.39, 0.29) is 18.3 Å². The molecule has 4 heteroatoms. The van der Waals surface area contributed by atoms with Crippen LogP contribution in [0.3, 0.4) is 0 Å². The SMILES string of the molecule is CC(C)C(C)CC(=O)NCCCCN.Cl. The predicted octanol–water partition coefficient (Wildman–Crippen LogP) is 1.95. The molecule has 0 radical (unpaired) electrons. The van der Waals surface area contributed by atoms with E-state index in [2.05, 4.69) is 26.1 Å². The Morgan fingerprint density at radius 2 is 1.87 bits per heavy atom. The van der Waals surface area contributed by atoms with E-state index in [1.54, 1.807) is 0 Å². The highest BCUT2D eigenvalue weighted by Gasteiger charge is 2.11. The smallest absolute Gasteiger partial charge is 0.220 e. The molecule has 15 heavy (non-hydrogen) atoms. The molecule has 0 rings (SSSR count). The minimum Gasteiger partial charge on any atom is -0.356 e. The first-order valence-electron chi connectivity index (χ1n) is 5.54. The average Bonchev–Trinajstić information content (AvgIpc) is 2.12. The van der Waals surface area contributed by atoms with Crippen LogP contribution in [0, 0.1) is 11.8 Å². The molecule has 0 aromatic rings. The van der Waals surface area contributed by atoms with Crippen LogP contribution in [0.4, 0.5) is 0 Å². The number of carbonyl (C=O) groups is 1. The molecule has 0 heterocycles. The third kappa shape index (κ3) is 10.0. The monoisotopic (exact) mass is 236 g/mol. The van der Waals surface area contributed by atoms with Gasteiger partial charge in [0.1, 0.15) is 0 Å². The Bertz CT molecular complexity index is 163. The van der Waals surface area contributed by atoms with Gasteiger partial charge in [-0.2, -0.15) is 0 Å². The zero-order valence-corrected chi connectivity index (χ0v) is 10.9. The summed E-state index contributed by atoms with van der Waals surface area (Å²) in [4.78, 5) is 11.4. The number of nitrogens with two attached hydrogens (primary N) is 1. The zero-order valence-electron chi connectivity index (χ0n) is 10.1. The largest absolute Gasteiger partial charge is 0.356 e. The van der Waals surface area contributed by atoms with Gasteiger partial charge in [0.2, 0.25) is 5.91 Å². The molecule has 1 unspecified atom stereocenters. The Labute approximate surface area is 99.6 Å². The number of rotatable bonds is 7. The minimum absolute atomic E-state index is 0. The van der Waals surface area contributed by atoms with E-state index in [9.17, 15) is 4.79 Å². The Kier molecular flexibility index (Phi) is 11.7. The molecule has 0 aliphatic rings. The third-order valence-electron chi connectivity index (χ3n) is 2.60. The first kappa shape index (κ1) is 17.1. The van der Waals surface area contributed by atoms with Crippen molar-refractivity contribution in [2.24, 2.45) is 17.6 Å². The summed E-state index contributed by atoms with van der Waals surface area (Å²) < 4.78 is 0. The second kappa shape index (κ2) is 10.2. The molecule has 0 aromatic heterocycles. The molecule has 0 bridgehead atoms. The third-order valence-corrected chi connectivity index (χ3v) is 2.60. The standard InChI is InChI=1S/C11H24N2O.ClH/c1-9(2)10(3)8-11(14)13-7-5-4-6-12;/h9-10H,4-8,12H2,1-3H3,(H,13,14);1H. The van der Waals surface area contributed by atoms with E-state index < -0.39 is 0 Å². The fraction of sp³-hybridized carbons (Fsp3) is 0.909. The summed E-state index contributed by atoms with van der Waals surface area (Å²) in [6, 6.07) is 0. The molecule has 0 aliphatic carbocycles. The van der Waals surface area contributed by atoms with Crippen LogP contribution in [0.25, 0.3) is 0 Å². The Morgan fingerprint density at radius 1 is 1.27 bits per heavy atom. The number of halogens is 1. The van der Waals surface area contributed by atoms with E-state index in [4.69, 9.17) is 5.73 Å². The van der Waals surface area contributed by atoms with Crippen molar-refractivity contribution >= 4 is 18.3 Å². The van der Waals surface area contributed by atoms with Crippen molar-refractivity contribution in [3.05, 3.63) is 0 Å². The molecule has 1 amide bonds. The van der Waals surface area contributed by atoms with Crippen LogP contribution < -0.4 is 11.1 Å². The molecule has 0 saturated carbocycles. The van der Waals surface area contributed by atoms with Crippen LogP contribution in [0.5, 0.6) is 0 Å². The Hall–Kier alpha value is -0.280. The number of nitrogens with one attached hydrogen (secondary N) is 1. The topological polar surface area (TPSA) is 55.1 Å². The first-order chi connectivity index (χ1) is 6.57. The lowest BCUT2D eigenvalue weighted by Gasteiger charge is -2.14. The Balaban J connectivity index is 0. The van der Waals surface area contributed by atoms with E-state index in [0.29, 0.717) is 24.8 Å². The lowest BCUT2D eigenvalue weighted by molar-refractivity contribution is -0.122. The number of hydrogen-bond acceptors (Lipinski definition) is 2. The first-order valence-corrected chi connectivity index (χ1v) is 5.54. The number of amides is 1. The summed E-state index contributed by atoms with van der Waals surface area (Å²) >= 11 is 0. The van der Waals surface area contributed by atoms with Gasteiger partial charge in [0.25, 0.3) is 0 Å². The second-order valence-corrected chi connectivity index (χ2v) is 4.27. The van der Waals surface area contributed by atoms with Gasteiger partial charge in [0, 0.05) is 13.0 Å². The maximum Gasteiger partial charge on any atom is 0.220 e. The summed E-state index contributed by atoms with van der Waals surface area (Å²) in [6.07, 6.45) is 2.61. The van der Waals surface area contributed by atoms with Gasteiger partial charge in [-0.25, -0.2) is 0 Å². The van der Waals surface area contributed by atoms with Crippen LogP contribution in [-0.4, -0.2) is 19.0 Å². The van der Waals surface area contributed by atoms with E-state index in [1.807, 2.05) is 0 Å². The predicted molar refractivity (Wildman–Crippen MR) is 67.2 cm³/mol. The highest BCUT2D eigenvalue weighted by molar-refractivity contribution is 5.85. The van der Waals surface area contributed by atoms with Gasteiger partial charge in [-0.1, -0.05) is 20.8 Å². The zero-order chi connectivity index (χ0) is 11.0. The molecule has 0 spiro atoms. The fourth-order valence-corrected chi connectivity index (χ4v) is 1.10. The molecule has 0 saturated heterocycles. The number of unbranched alkanes of at least 4 members (excludes halogenated alkanes) is 1. The van der Waals surface area contributed by atoms with Crippen molar-refractivity contribution in [2.45, 2.75) is 40.0 Å². The van der Waals surface area contributed by atoms with Gasteiger partial charge < -0.3 is 11.1 Å². The number of carbonyl (C=O) groups excluding carboxylic acids is 1. The van der Waals surface area contributed by atoms with Crippen molar-refractivity contribution in [1.29, 1.82) is 0 Å². The summed E-state index contributed by atoms with van der Waals surface area (Å²) in [6.45, 7) is 7.88. The van der Waals surface area contributed by atoms with Crippen molar-refractivity contribution in [1.82, 2.24) is 5.32 Å². The highest BCUT2D eigenvalue weighted by Crippen LogP contribution is 2.13.